The Morgan fingerprint density at radius 3 is 2.18 bits per heavy atom. The smallest absolute Gasteiger partial charge is 0.339 e. The first-order valence-corrected chi connectivity index (χ1v) is 4.49. The molecule has 0 aliphatic heterocycles. The second kappa shape index (κ2) is 4.81. The van der Waals surface area contributed by atoms with E-state index in [-0.39, 0.29) is 5.56 Å². The highest BCUT2D eigenvalue weighted by Gasteiger charge is 2.26. The fourth-order valence-electron chi connectivity index (χ4n) is 1.23. The molecule has 0 spiro atoms. The lowest BCUT2D eigenvalue weighted by atomic mass is 10.0. The molecule has 1 aromatic carbocycles. The number of phenols is 1. The minimum Gasteiger partial charge on any atom is -0.507 e. The van der Waals surface area contributed by atoms with Gasteiger partial charge in [0.25, 0.3) is 0 Å². The number of aromatic hydroxyl groups is 1. The number of aliphatic carboxylic acids is 1. The van der Waals surface area contributed by atoms with Crippen molar-refractivity contribution in [1.82, 2.24) is 0 Å². The monoisotopic (exact) mass is 242 g/mol. The maximum absolute atomic E-state index is 10.7. The minimum absolute atomic E-state index is 0.116. The van der Waals surface area contributed by atoms with E-state index in [4.69, 9.17) is 15.3 Å². The highest BCUT2D eigenvalue weighted by Crippen LogP contribution is 2.24. The Kier molecular flexibility index (Phi) is 3.66. The van der Waals surface area contributed by atoms with Gasteiger partial charge in [0.15, 0.2) is 6.10 Å². The van der Waals surface area contributed by atoms with Gasteiger partial charge in [-0.1, -0.05) is 6.07 Å². The van der Waals surface area contributed by atoms with Crippen LogP contribution in [0.15, 0.2) is 18.2 Å². The van der Waals surface area contributed by atoms with Crippen LogP contribution in [0.2, 0.25) is 0 Å². The number of benzene rings is 1. The van der Waals surface area contributed by atoms with Crippen LogP contribution in [0.3, 0.4) is 0 Å². The SMILES string of the molecule is O=C(O)c1cc(C(O)C(O)C(=O)O)ccc1O. The summed E-state index contributed by atoms with van der Waals surface area (Å²) in [4.78, 5) is 21.1. The van der Waals surface area contributed by atoms with Crippen molar-refractivity contribution in [3.63, 3.8) is 0 Å². The summed E-state index contributed by atoms with van der Waals surface area (Å²) < 4.78 is 0. The van der Waals surface area contributed by atoms with Crippen molar-refractivity contribution in [2.45, 2.75) is 12.2 Å². The van der Waals surface area contributed by atoms with E-state index in [9.17, 15) is 19.8 Å². The third-order valence-corrected chi connectivity index (χ3v) is 2.14. The predicted molar refractivity (Wildman–Crippen MR) is 53.7 cm³/mol. The number of carboxylic acids is 2. The molecule has 17 heavy (non-hydrogen) atoms. The highest BCUT2D eigenvalue weighted by atomic mass is 16.4. The maximum atomic E-state index is 10.7. The molecule has 0 heterocycles. The van der Waals surface area contributed by atoms with Gasteiger partial charge in [0.2, 0.25) is 0 Å². The summed E-state index contributed by atoms with van der Waals surface area (Å²) in [5, 5.41) is 44.9. The molecule has 2 unspecified atom stereocenters. The third kappa shape index (κ3) is 2.71. The standard InChI is InChI=1S/C10H10O7/c11-6-2-1-4(3-5(6)9(14)15)7(12)8(13)10(16)17/h1-3,7-8,11-13H,(H,14,15)(H,16,17). The number of aliphatic hydroxyl groups excluding tert-OH is 2. The second-order valence-electron chi connectivity index (χ2n) is 3.31. The third-order valence-electron chi connectivity index (χ3n) is 2.14. The van der Waals surface area contributed by atoms with Gasteiger partial charge in [-0.05, 0) is 17.7 Å². The first kappa shape index (κ1) is 12.9. The molecular formula is C10H10O7. The zero-order valence-electron chi connectivity index (χ0n) is 8.44. The molecule has 0 fully saturated rings. The molecule has 0 bridgehead atoms. The van der Waals surface area contributed by atoms with Crippen molar-refractivity contribution in [1.29, 1.82) is 0 Å². The van der Waals surface area contributed by atoms with Gasteiger partial charge in [-0.3, -0.25) is 0 Å². The Labute approximate surface area is 95.2 Å². The fraction of sp³-hybridized carbons (Fsp3) is 0.200. The van der Waals surface area contributed by atoms with E-state index < -0.39 is 35.5 Å². The molecule has 0 saturated carbocycles. The summed E-state index contributed by atoms with van der Waals surface area (Å²) >= 11 is 0. The quantitative estimate of drug-likeness (QED) is 0.483. The van der Waals surface area contributed by atoms with Crippen LogP contribution in [0, 0.1) is 0 Å². The number of carboxylic acid groups (broad SMARTS) is 2. The molecule has 2 atom stereocenters. The largest absolute Gasteiger partial charge is 0.507 e. The van der Waals surface area contributed by atoms with Crippen LogP contribution in [0.5, 0.6) is 5.75 Å². The van der Waals surface area contributed by atoms with E-state index >= 15 is 0 Å². The summed E-state index contributed by atoms with van der Waals surface area (Å²) in [5.41, 5.74) is -0.603. The first-order valence-electron chi connectivity index (χ1n) is 4.49. The zero-order chi connectivity index (χ0) is 13.2. The van der Waals surface area contributed by atoms with Crippen LogP contribution in [-0.4, -0.2) is 43.6 Å². The summed E-state index contributed by atoms with van der Waals surface area (Å²) in [6, 6.07) is 3.02. The van der Waals surface area contributed by atoms with E-state index in [1.807, 2.05) is 0 Å². The lowest BCUT2D eigenvalue weighted by Crippen LogP contribution is -2.27. The molecule has 0 amide bonds. The van der Waals surface area contributed by atoms with Crippen molar-refractivity contribution in [2.75, 3.05) is 0 Å². The molecule has 0 aromatic heterocycles. The molecule has 92 valence electrons. The van der Waals surface area contributed by atoms with Gasteiger partial charge < -0.3 is 25.5 Å². The van der Waals surface area contributed by atoms with Crippen molar-refractivity contribution in [3.8, 4) is 5.75 Å². The van der Waals surface area contributed by atoms with E-state index in [0.29, 0.717) is 0 Å². The van der Waals surface area contributed by atoms with E-state index in [1.165, 1.54) is 0 Å². The Bertz CT molecular complexity index is 454. The number of hydrogen-bond acceptors (Lipinski definition) is 5. The molecule has 0 aliphatic carbocycles. The Morgan fingerprint density at radius 2 is 1.71 bits per heavy atom. The van der Waals surface area contributed by atoms with E-state index in [2.05, 4.69) is 0 Å². The predicted octanol–water partition coefficient (Wildman–Crippen LogP) is -0.431. The van der Waals surface area contributed by atoms with Gasteiger partial charge in [-0.15, -0.1) is 0 Å². The van der Waals surface area contributed by atoms with Crippen LogP contribution in [0.25, 0.3) is 0 Å². The average molecular weight is 242 g/mol. The number of aromatic carboxylic acids is 1. The van der Waals surface area contributed by atoms with E-state index in [0.717, 1.165) is 18.2 Å². The Morgan fingerprint density at radius 1 is 1.12 bits per heavy atom. The van der Waals surface area contributed by atoms with Crippen molar-refractivity contribution in [2.24, 2.45) is 0 Å². The Hall–Kier alpha value is -2.12. The minimum atomic E-state index is -2.07. The molecular weight excluding hydrogens is 232 g/mol. The second-order valence-corrected chi connectivity index (χ2v) is 3.31. The molecule has 0 aliphatic rings. The van der Waals surface area contributed by atoms with Crippen molar-refractivity contribution < 1.29 is 35.1 Å². The van der Waals surface area contributed by atoms with Gasteiger partial charge in [0.1, 0.15) is 17.4 Å². The highest BCUT2D eigenvalue weighted by molar-refractivity contribution is 5.91. The number of aliphatic hydroxyl groups is 2. The average Bonchev–Trinajstić information content (AvgIpc) is 2.27. The maximum Gasteiger partial charge on any atom is 0.339 e. The normalized spacial score (nSPS) is 14.0. The number of carbonyl (C=O) groups is 2. The van der Waals surface area contributed by atoms with Gasteiger partial charge in [0.05, 0.1) is 0 Å². The fourth-order valence-corrected chi connectivity index (χ4v) is 1.23. The van der Waals surface area contributed by atoms with Crippen LogP contribution >= 0.6 is 0 Å². The lowest BCUT2D eigenvalue weighted by Gasteiger charge is -2.15. The van der Waals surface area contributed by atoms with Gasteiger partial charge in [-0.25, -0.2) is 9.59 Å². The molecule has 7 heteroatoms. The topological polar surface area (TPSA) is 135 Å². The molecule has 1 aromatic rings. The summed E-state index contributed by atoms with van der Waals surface area (Å²) in [6.45, 7) is 0. The molecule has 7 nitrogen and oxygen atoms in total. The van der Waals surface area contributed by atoms with Gasteiger partial charge in [-0.2, -0.15) is 0 Å². The first-order chi connectivity index (χ1) is 7.84. The number of rotatable bonds is 4. The summed E-state index contributed by atoms with van der Waals surface area (Å²) in [6.07, 6.45) is -3.84. The van der Waals surface area contributed by atoms with Crippen molar-refractivity contribution in [3.05, 3.63) is 29.3 Å². The summed E-state index contributed by atoms with van der Waals surface area (Å²) in [5.74, 6) is -3.58. The molecule has 0 saturated heterocycles. The van der Waals surface area contributed by atoms with Crippen LogP contribution in [0.4, 0.5) is 0 Å². The zero-order valence-corrected chi connectivity index (χ0v) is 8.44. The van der Waals surface area contributed by atoms with Crippen LogP contribution < -0.4 is 0 Å². The van der Waals surface area contributed by atoms with Gasteiger partial charge >= 0.3 is 11.9 Å². The molecule has 5 N–H and O–H groups in total. The number of hydrogen-bond donors (Lipinski definition) is 5. The lowest BCUT2D eigenvalue weighted by molar-refractivity contribution is -0.153. The molecule has 0 radical (unpaired) electrons. The molecule has 1 rings (SSSR count). The van der Waals surface area contributed by atoms with E-state index in [1.54, 1.807) is 0 Å². The van der Waals surface area contributed by atoms with Crippen LogP contribution in [-0.2, 0) is 4.79 Å². The van der Waals surface area contributed by atoms with Crippen LogP contribution in [0.1, 0.15) is 22.0 Å². The van der Waals surface area contributed by atoms with Crippen molar-refractivity contribution >= 4 is 11.9 Å². The Balaban J connectivity index is 3.11. The summed E-state index contributed by atoms with van der Waals surface area (Å²) in [7, 11) is 0. The van der Waals surface area contributed by atoms with Gasteiger partial charge in [0, 0.05) is 0 Å².